The van der Waals surface area contributed by atoms with Crippen molar-refractivity contribution in [2.24, 2.45) is 0 Å². The number of nitro groups is 1. The number of aromatic hydroxyl groups is 1. The Morgan fingerprint density at radius 2 is 1.83 bits per heavy atom. The number of phenols is 1. The molecule has 30 heavy (non-hydrogen) atoms. The Morgan fingerprint density at radius 3 is 2.50 bits per heavy atom. The molecule has 1 saturated heterocycles. The Hall–Kier alpha value is -4.40. The molecule has 1 aromatic heterocycles. The van der Waals surface area contributed by atoms with Gasteiger partial charge >= 0.3 is 0 Å². The van der Waals surface area contributed by atoms with E-state index >= 15 is 0 Å². The van der Waals surface area contributed by atoms with Gasteiger partial charge in [0.25, 0.3) is 17.4 Å². The summed E-state index contributed by atoms with van der Waals surface area (Å²) in [5.74, 6) is -2.65. The molecule has 4 rings (SSSR count). The smallest absolute Gasteiger partial charge is 0.300 e. The molecule has 0 bridgehead atoms. The van der Waals surface area contributed by atoms with E-state index in [0.717, 1.165) is 11.0 Å². The van der Waals surface area contributed by atoms with Crippen LogP contribution in [-0.2, 0) is 9.59 Å². The van der Waals surface area contributed by atoms with Crippen molar-refractivity contribution in [2.75, 3.05) is 4.90 Å². The number of ketones is 1. The standard InChI is InChI=1S/C21H14N2O7/c24-15-8-2-1-7-14(15)22-18(16-9-4-10-30-16)17(20(26)21(22)27)19(25)12-5-3-6-13(11-12)23(28)29/h1-11,18,24-25H/b19-17-. The van der Waals surface area contributed by atoms with Gasteiger partial charge in [-0.2, -0.15) is 0 Å². The monoisotopic (exact) mass is 406 g/mol. The first-order chi connectivity index (χ1) is 14.4. The van der Waals surface area contributed by atoms with Gasteiger partial charge in [-0.3, -0.25) is 24.6 Å². The summed E-state index contributed by atoms with van der Waals surface area (Å²) < 4.78 is 5.40. The third kappa shape index (κ3) is 2.98. The molecule has 2 N–H and O–H groups in total. The second-order valence-corrected chi connectivity index (χ2v) is 6.48. The van der Waals surface area contributed by atoms with Crippen LogP contribution in [0, 0.1) is 10.1 Å². The zero-order valence-corrected chi connectivity index (χ0v) is 15.3. The number of amides is 1. The van der Waals surface area contributed by atoms with Crippen LogP contribution in [0.25, 0.3) is 5.76 Å². The minimum absolute atomic E-state index is 0.00367. The number of carbonyl (C=O) groups excluding carboxylic acids is 2. The van der Waals surface area contributed by atoms with Crippen LogP contribution in [0.15, 0.2) is 76.9 Å². The zero-order valence-electron chi connectivity index (χ0n) is 15.3. The summed E-state index contributed by atoms with van der Waals surface area (Å²) in [5.41, 5.74) is -0.544. The first-order valence-electron chi connectivity index (χ1n) is 8.77. The maximum Gasteiger partial charge on any atom is 0.300 e. The lowest BCUT2D eigenvalue weighted by Gasteiger charge is -2.23. The molecule has 1 unspecified atom stereocenters. The summed E-state index contributed by atoms with van der Waals surface area (Å²) in [6.07, 6.45) is 1.34. The summed E-state index contributed by atoms with van der Waals surface area (Å²) in [5, 5.41) is 32.2. The van der Waals surface area contributed by atoms with Gasteiger partial charge in [0, 0.05) is 17.7 Å². The number of aliphatic hydroxyl groups excluding tert-OH is 1. The van der Waals surface area contributed by atoms with Gasteiger partial charge in [0.1, 0.15) is 23.3 Å². The van der Waals surface area contributed by atoms with Crippen molar-refractivity contribution in [1.82, 2.24) is 0 Å². The fourth-order valence-electron chi connectivity index (χ4n) is 3.39. The number of furan rings is 1. The second-order valence-electron chi connectivity index (χ2n) is 6.48. The molecule has 1 amide bonds. The number of benzene rings is 2. The number of para-hydroxylation sites is 2. The molecule has 0 spiro atoms. The molecule has 1 aliphatic rings. The number of hydrogen-bond acceptors (Lipinski definition) is 7. The van der Waals surface area contributed by atoms with Crippen LogP contribution in [0.5, 0.6) is 5.75 Å². The number of non-ortho nitro benzene ring substituents is 1. The van der Waals surface area contributed by atoms with Crippen LogP contribution in [0.3, 0.4) is 0 Å². The van der Waals surface area contributed by atoms with E-state index in [1.54, 1.807) is 18.2 Å². The van der Waals surface area contributed by atoms with Crippen molar-refractivity contribution < 1.29 is 29.1 Å². The second kappa shape index (κ2) is 7.21. The molecular formula is C21H14N2O7. The van der Waals surface area contributed by atoms with E-state index in [4.69, 9.17) is 4.42 Å². The molecule has 0 aliphatic carbocycles. The van der Waals surface area contributed by atoms with Gasteiger partial charge in [0.15, 0.2) is 0 Å². The van der Waals surface area contributed by atoms with Crippen molar-refractivity contribution in [2.45, 2.75) is 6.04 Å². The molecule has 0 radical (unpaired) electrons. The maximum absolute atomic E-state index is 12.9. The summed E-state index contributed by atoms with van der Waals surface area (Å²) in [6.45, 7) is 0. The minimum Gasteiger partial charge on any atom is -0.507 e. The zero-order chi connectivity index (χ0) is 21.4. The molecule has 1 atom stereocenters. The summed E-state index contributed by atoms with van der Waals surface area (Å²) >= 11 is 0. The van der Waals surface area contributed by atoms with Gasteiger partial charge in [-0.25, -0.2) is 0 Å². The normalized spacial score (nSPS) is 18.0. The number of hydrogen-bond donors (Lipinski definition) is 2. The fourth-order valence-corrected chi connectivity index (χ4v) is 3.39. The highest BCUT2D eigenvalue weighted by Crippen LogP contribution is 2.44. The molecular weight excluding hydrogens is 392 g/mol. The first kappa shape index (κ1) is 18.9. The van der Waals surface area contributed by atoms with Gasteiger partial charge in [-0.1, -0.05) is 24.3 Å². The van der Waals surface area contributed by atoms with Gasteiger partial charge < -0.3 is 14.6 Å². The third-order valence-electron chi connectivity index (χ3n) is 4.73. The Morgan fingerprint density at radius 1 is 1.07 bits per heavy atom. The average Bonchev–Trinajstić information content (AvgIpc) is 3.35. The van der Waals surface area contributed by atoms with Crippen LogP contribution >= 0.6 is 0 Å². The van der Waals surface area contributed by atoms with E-state index in [9.17, 15) is 29.9 Å². The van der Waals surface area contributed by atoms with Gasteiger partial charge in [0.05, 0.1) is 22.4 Å². The Bertz CT molecular complexity index is 1200. The molecule has 9 nitrogen and oxygen atoms in total. The van der Waals surface area contributed by atoms with Gasteiger partial charge in [-0.15, -0.1) is 0 Å². The van der Waals surface area contributed by atoms with Crippen molar-refractivity contribution >= 4 is 28.8 Å². The Kier molecular flexibility index (Phi) is 4.55. The van der Waals surface area contributed by atoms with Crippen LogP contribution < -0.4 is 4.90 Å². The number of nitrogens with zero attached hydrogens (tertiary/aromatic N) is 2. The molecule has 2 aromatic carbocycles. The highest BCUT2D eigenvalue weighted by molar-refractivity contribution is 6.51. The molecule has 150 valence electrons. The van der Waals surface area contributed by atoms with E-state index in [2.05, 4.69) is 0 Å². The van der Waals surface area contributed by atoms with Gasteiger partial charge in [-0.05, 0) is 24.3 Å². The average molecular weight is 406 g/mol. The molecule has 3 aromatic rings. The third-order valence-corrected chi connectivity index (χ3v) is 4.73. The number of phenolic OH excluding ortho intramolecular Hbond substituents is 1. The molecule has 1 fully saturated rings. The number of rotatable bonds is 4. The first-order valence-corrected chi connectivity index (χ1v) is 8.77. The quantitative estimate of drug-likeness (QED) is 0.223. The van der Waals surface area contributed by atoms with E-state index in [1.807, 2.05) is 0 Å². The minimum atomic E-state index is -1.17. The lowest BCUT2D eigenvalue weighted by atomic mass is 9.99. The number of Topliss-reactive ketones (excluding diaryl/α,β-unsaturated/α-hetero) is 1. The number of aliphatic hydroxyl groups is 1. The van der Waals surface area contributed by atoms with E-state index in [1.165, 1.54) is 42.7 Å². The van der Waals surface area contributed by atoms with Crippen molar-refractivity contribution in [3.8, 4) is 5.75 Å². The predicted octanol–water partition coefficient (Wildman–Crippen LogP) is 3.52. The predicted molar refractivity (Wildman–Crippen MR) is 105 cm³/mol. The highest BCUT2D eigenvalue weighted by Gasteiger charge is 2.49. The Labute approximate surface area is 169 Å². The van der Waals surface area contributed by atoms with Crippen LogP contribution in [-0.4, -0.2) is 26.8 Å². The number of carbonyl (C=O) groups is 2. The summed E-state index contributed by atoms with van der Waals surface area (Å²) in [6, 6.07) is 12.9. The molecule has 2 heterocycles. The SMILES string of the molecule is O=C1C(=O)N(c2ccccc2O)C(c2ccco2)/C1=C(/O)c1cccc([N+](=O)[O-])c1. The summed E-state index contributed by atoms with van der Waals surface area (Å²) in [4.78, 5) is 37.2. The topological polar surface area (TPSA) is 134 Å². The van der Waals surface area contributed by atoms with E-state index in [-0.39, 0.29) is 34.0 Å². The van der Waals surface area contributed by atoms with Crippen LogP contribution in [0.2, 0.25) is 0 Å². The van der Waals surface area contributed by atoms with Crippen molar-refractivity contribution in [3.63, 3.8) is 0 Å². The Balaban J connectivity index is 1.94. The van der Waals surface area contributed by atoms with Gasteiger partial charge in [0.2, 0.25) is 0 Å². The fraction of sp³-hybridized carbons (Fsp3) is 0.0476. The van der Waals surface area contributed by atoms with E-state index in [0.29, 0.717) is 0 Å². The molecule has 0 saturated carbocycles. The van der Waals surface area contributed by atoms with E-state index < -0.39 is 28.4 Å². The van der Waals surface area contributed by atoms with Crippen LogP contribution in [0.1, 0.15) is 17.4 Å². The van der Waals surface area contributed by atoms with Crippen molar-refractivity contribution in [1.29, 1.82) is 0 Å². The van der Waals surface area contributed by atoms with Crippen molar-refractivity contribution in [3.05, 3.63) is 93.9 Å². The number of nitro benzene ring substituents is 1. The highest BCUT2D eigenvalue weighted by atomic mass is 16.6. The molecule has 1 aliphatic heterocycles. The lowest BCUT2D eigenvalue weighted by Crippen LogP contribution is -2.29. The maximum atomic E-state index is 12.9. The summed E-state index contributed by atoms with van der Waals surface area (Å²) in [7, 11) is 0. The van der Waals surface area contributed by atoms with Crippen LogP contribution in [0.4, 0.5) is 11.4 Å². The largest absolute Gasteiger partial charge is 0.507 e. The lowest BCUT2D eigenvalue weighted by molar-refractivity contribution is -0.384. The number of anilines is 1. The molecule has 9 heteroatoms.